The molecule has 2 aromatic rings. The van der Waals surface area contributed by atoms with Gasteiger partial charge in [0.2, 0.25) is 0 Å². The van der Waals surface area contributed by atoms with Gasteiger partial charge >= 0.3 is 0 Å². The van der Waals surface area contributed by atoms with E-state index in [1.54, 1.807) is 0 Å². The highest BCUT2D eigenvalue weighted by Crippen LogP contribution is 2.33. The van der Waals surface area contributed by atoms with Gasteiger partial charge in [-0.2, -0.15) is 0 Å². The van der Waals surface area contributed by atoms with Crippen LogP contribution in [-0.2, 0) is 5.41 Å². The van der Waals surface area contributed by atoms with Crippen molar-refractivity contribution < 1.29 is 0 Å². The summed E-state index contributed by atoms with van der Waals surface area (Å²) in [6, 6.07) is 2.10. The Morgan fingerprint density at radius 3 is 2.89 bits per heavy atom. The average molecular weight is 259 g/mol. The van der Waals surface area contributed by atoms with Crippen molar-refractivity contribution in [2.24, 2.45) is 0 Å². The minimum Gasteiger partial charge on any atom is -0.316 e. The molecule has 5 nitrogen and oxygen atoms in total. The minimum absolute atomic E-state index is 0.0966. The molecule has 3 rings (SSSR count). The maximum Gasteiger partial charge on any atom is 0.255 e. The molecule has 3 heterocycles. The lowest BCUT2D eigenvalue weighted by Gasteiger charge is -2.35. The number of piperidine rings is 1. The number of nitrogens with one attached hydrogen (secondary N) is 1. The number of aromatic nitrogens is 4. The van der Waals surface area contributed by atoms with Crippen LogP contribution in [0.1, 0.15) is 43.4 Å². The van der Waals surface area contributed by atoms with Crippen LogP contribution < -0.4 is 5.32 Å². The zero-order valence-electron chi connectivity index (χ0n) is 11.9. The summed E-state index contributed by atoms with van der Waals surface area (Å²) in [6.45, 7) is 8.44. The zero-order valence-corrected chi connectivity index (χ0v) is 11.9. The van der Waals surface area contributed by atoms with Gasteiger partial charge in [-0.1, -0.05) is 6.92 Å². The molecular weight excluding hydrogens is 238 g/mol. The van der Waals surface area contributed by atoms with Gasteiger partial charge in [0.25, 0.3) is 5.78 Å². The summed E-state index contributed by atoms with van der Waals surface area (Å²) in [5.41, 5.74) is 2.26. The van der Waals surface area contributed by atoms with Crippen LogP contribution >= 0.6 is 0 Å². The van der Waals surface area contributed by atoms with E-state index in [9.17, 15) is 0 Å². The Morgan fingerprint density at radius 2 is 2.21 bits per heavy atom. The van der Waals surface area contributed by atoms with Gasteiger partial charge in [0.05, 0.1) is 0 Å². The number of aryl methyl sites for hydroxylation is 2. The van der Waals surface area contributed by atoms with Crippen molar-refractivity contribution in [3.8, 4) is 0 Å². The molecule has 2 aromatic heterocycles. The number of nitrogens with zero attached hydrogens (tertiary/aromatic N) is 4. The summed E-state index contributed by atoms with van der Waals surface area (Å²) in [5.74, 6) is 1.80. The second kappa shape index (κ2) is 4.56. The maximum absolute atomic E-state index is 4.49. The van der Waals surface area contributed by atoms with E-state index in [0.717, 1.165) is 36.8 Å². The lowest BCUT2D eigenvalue weighted by molar-refractivity contribution is 0.285. The Morgan fingerprint density at radius 1 is 1.37 bits per heavy atom. The molecule has 1 aliphatic heterocycles. The molecule has 5 heteroatoms. The summed E-state index contributed by atoms with van der Waals surface area (Å²) in [6.07, 6.45) is 3.44. The number of hydrogen-bond donors (Lipinski definition) is 1. The number of fused-ring (bicyclic) bond motifs is 1. The van der Waals surface area contributed by atoms with Gasteiger partial charge in [-0.25, -0.2) is 4.98 Å². The highest BCUT2D eigenvalue weighted by atomic mass is 15.3. The van der Waals surface area contributed by atoms with Gasteiger partial charge in [0.1, 0.15) is 5.82 Å². The van der Waals surface area contributed by atoms with E-state index in [4.69, 9.17) is 0 Å². The number of rotatable bonds is 2. The Bertz CT molecular complexity index is 595. The lowest BCUT2D eigenvalue weighted by Crippen LogP contribution is -2.44. The summed E-state index contributed by atoms with van der Waals surface area (Å²) in [5, 5.41) is 12.3. The fourth-order valence-electron chi connectivity index (χ4n) is 3.19. The molecule has 1 fully saturated rings. The van der Waals surface area contributed by atoms with E-state index >= 15 is 0 Å². The van der Waals surface area contributed by atoms with Crippen molar-refractivity contribution in [3.63, 3.8) is 0 Å². The summed E-state index contributed by atoms with van der Waals surface area (Å²) in [4.78, 5) is 4.49. The maximum atomic E-state index is 4.49. The number of hydrogen-bond acceptors (Lipinski definition) is 4. The summed E-state index contributed by atoms with van der Waals surface area (Å²) >= 11 is 0. The molecule has 0 amide bonds. The van der Waals surface area contributed by atoms with Crippen LogP contribution in [0, 0.1) is 13.8 Å². The average Bonchev–Trinajstić information content (AvgIpc) is 2.84. The predicted molar refractivity (Wildman–Crippen MR) is 74.3 cm³/mol. The molecule has 19 heavy (non-hydrogen) atoms. The van der Waals surface area contributed by atoms with Crippen LogP contribution in [0.2, 0.25) is 0 Å². The minimum atomic E-state index is 0.0966. The van der Waals surface area contributed by atoms with E-state index in [1.165, 1.54) is 18.5 Å². The fraction of sp³-hybridized carbons (Fsp3) is 0.643. The van der Waals surface area contributed by atoms with Crippen molar-refractivity contribution in [1.82, 2.24) is 24.9 Å². The molecule has 0 radical (unpaired) electrons. The van der Waals surface area contributed by atoms with Gasteiger partial charge in [-0.15, -0.1) is 10.2 Å². The molecule has 0 spiro atoms. The molecule has 0 aromatic carbocycles. The predicted octanol–water partition coefficient (Wildman–Crippen LogP) is 1.77. The Balaban J connectivity index is 2.19. The van der Waals surface area contributed by atoms with Crippen LogP contribution in [0.15, 0.2) is 6.07 Å². The molecule has 102 valence electrons. The van der Waals surface area contributed by atoms with Crippen molar-refractivity contribution in [2.75, 3.05) is 13.1 Å². The monoisotopic (exact) mass is 259 g/mol. The van der Waals surface area contributed by atoms with Crippen molar-refractivity contribution >= 4 is 5.78 Å². The molecule has 1 N–H and O–H groups in total. The highest BCUT2D eigenvalue weighted by Gasteiger charge is 2.37. The van der Waals surface area contributed by atoms with E-state index < -0.39 is 0 Å². The second-order valence-electron chi connectivity index (χ2n) is 5.61. The summed E-state index contributed by atoms with van der Waals surface area (Å²) < 4.78 is 2.13. The van der Waals surface area contributed by atoms with Gasteiger partial charge < -0.3 is 5.32 Å². The largest absolute Gasteiger partial charge is 0.316 e. The molecular formula is C14H21N5. The van der Waals surface area contributed by atoms with Gasteiger partial charge in [0, 0.05) is 23.3 Å². The van der Waals surface area contributed by atoms with E-state index in [2.05, 4.69) is 44.8 Å². The first-order valence-corrected chi connectivity index (χ1v) is 7.07. The second-order valence-corrected chi connectivity index (χ2v) is 5.61. The highest BCUT2D eigenvalue weighted by molar-refractivity contribution is 5.35. The van der Waals surface area contributed by atoms with Gasteiger partial charge in [-0.05, 0) is 45.7 Å². The third-order valence-electron chi connectivity index (χ3n) is 4.32. The van der Waals surface area contributed by atoms with Crippen LogP contribution in [0.3, 0.4) is 0 Å². The summed E-state index contributed by atoms with van der Waals surface area (Å²) in [7, 11) is 0. The lowest BCUT2D eigenvalue weighted by atomic mass is 9.77. The van der Waals surface area contributed by atoms with E-state index in [0.29, 0.717) is 0 Å². The van der Waals surface area contributed by atoms with Gasteiger partial charge in [-0.3, -0.25) is 4.40 Å². The zero-order chi connectivity index (χ0) is 13.5. The molecule has 1 atom stereocenters. The molecule has 0 bridgehead atoms. The van der Waals surface area contributed by atoms with Crippen molar-refractivity contribution in [1.29, 1.82) is 0 Å². The first-order valence-electron chi connectivity index (χ1n) is 7.07. The third-order valence-corrected chi connectivity index (χ3v) is 4.32. The third kappa shape index (κ3) is 1.92. The molecule has 1 unspecified atom stereocenters. The first kappa shape index (κ1) is 12.5. The molecule has 1 aliphatic rings. The van der Waals surface area contributed by atoms with E-state index in [-0.39, 0.29) is 5.41 Å². The molecule has 1 saturated heterocycles. The van der Waals surface area contributed by atoms with Crippen LogP contribution in [-0.4, -0.2) is 32.7 Å². The van der Waals surface area contributed by atoms with Crippen LogP contribution in [0.4, 0.5) is 0 Å². The van der Waals surface area contributed by atoms with E-state index in [1.807, 2.05) is 6.92 Å². The fourth-order valence-corrected chi connectivity index (χ4v) is 3.19. The van der Waals surface area contributed by atoms with Crippen LogP contribution in [0.5, 0.6) is 0 Å². The Hall–Kier alpha value is -1.49. The SMILES string of the molecule is CCC1(c2nnc3nc(C)cc(C)n23)CCCNC1. The Kier molecular flexibility index (Phi) is 3.01. The molecule has 0 aliphatic carbocycles. The Labute approximate surface area is 113 Å². The van der Waals surface area contributed by atoms with Crippen LogP contribution in [0.25, 0.3) is 5.78 Å². The first-order chi connectivity index (χ1) is 9.16. The van der Waals surface area contributed by atoms with Crippen molar-refractivity contribution in [3.05, 3.63) is 23.3 Å². The quantitative estimate of drug-likeness (QED) is 0.893. The molecule has 0 saturated carbocycles. The topological polar surface area (TPSA) is 55.1 Å². The normalized spacial score (nSPS) is 23.9. The standard InChI is InChI=1S/C14H21N5/c1-4-14(6-5-7-15-9-14)12-17-18-13-16-10(2)8-11(3)19(12)13/h8,15H,4-7,9H2,1-3H3. The smallest absolute Gasteiger partial charge is 0.255 e. The van der Waals surface area contributed by atoms with Crippen molar-refractivity contribution in [2.45, 2.75) is 45.4 Å². The van der Waals surface area contributed by atoms with Gasteiger partial charge in [0.15, 0.2) is 0 Å².